The van der Waals surface area contributed by atoms with Crippen molar-refractivity contribution in [1.29, 1.82) is 0 Å². The molecule has 0 fully saturated rings. The van der Waals surface area contributed by atoms with Gasteiger partial charge in [-0.15, -0.1) is 0 Å². The van der Waals surface area contributed by atoms with E-state index in [9.17, 15) is 0 Å². The number of pyridine rings is 1. The van der Waals surface area contributed by atoms with Crippen LogP contribution in [0.3, 0.4) is 0 Å². The van der Waals surface area contributed by atoms with Gasteiger partial charge in [0, 0.05) is 42.3 Å². The van der Waals surface area contributed by atoms with Gasteiger partial charge in [-0.1, -0.05) is 0 Å². The molecule has 4 heterocycles. The molecule has 0 saturated heterocycles. The highest BCUT2D eigenvalue weighted by atomic mass is 15.1. The number of hydrogen-bond donors (Lipinski definition) is 3. The van der Waals surface area contributed by atoms with Crippen LogP contribution in [-0.2, 0) is 19.6 Å². The SMILES string of the molecule is Cc1cc(CNc2nc(-c3ccncc3)nc3c2CNC3)n[nH]1. The number of aromatic nitrogens is 5. The summed E-state index contributed by atoms with van der Waals surface area (Å²) < 4.78 is 0. The van der Waals surface area contributed by atoms with Crippen molar-refractivity contribution in [2.45, 2.75) is 26.6 Å². The lowest BCUT2D eigenvalue weighted by Gasteiger charge is -2.11. The molecule has 0 unspecified atom stereocenters. The van der Waals surface area contributed by atoms with Crippen molar-refractivity contribution >= 4 is 5.82 Å². The van der Waals surface area contributed by atoms with Gasteiger partial charge in [-0.2, -0.15) is 5.10 Å². The van der Waals surface area contributed by atoms with E-state index in [-0.39, 0.29) is 0 Å². The number of fused-ring (bicyclic) bond motifs is 1. The van der Waals surface area contributed by atoms with Crippen LogP contribution in [-0.4, -0.2) is 25.1 Å². The monoisotopic (exact) mass is 307 g/mol. The van der Waals surface area contributed by atoms with Crippen LogP contribution in [0.15, 0.2) is 30.6 Å². The van der Waals surface area contributed by atoms with E-state index in [1.165, 1.54) is 0 Å². The highest BCUT2D eigenvalue weighted by Gasteiger charge is 2.19. The Morgan fingerprint density at radius 1 is 1.17 bits per heavy atom. The average molecular weight is 307 g/mol. The van der Waals surface area contributed by atoms with E-state index in [1.807, 2.05) is 25.1 Å². The first-order chi connectivity index (χ1) is 11.3. The van der Waals surface area contributed by atoms with Gasteiger partial charge in [0.25, 0.3) is 0 Å². The number of anilines is 1. The van der Waals surface area contributed by atoms with Gasteiger partial charge in [0.2, 0.25) is 0 Å². The zero-order valence-electron chi connectivity index (χ0n) is 12.8. The molecule has 0 saturated carbocycles. The fourth-order valence-electron chi connectivity index (χ4n) is 2.68. The molecule has 3 aromatic rings. The quantitative estimate of drug-likeness (QED) is 0.680. The normalized spacial score (nSPS) is 13.1. The minimum atomic E-state index is 0.629. The van der Waals surface area contributed by atoms with Gasteiger partial charge in [0.15, 0.2) is 5.82 Å². The smallest absolute Gasteiger partial charge is 0.161 e. The van der Waals surface area contributed by atoms with Crippen molar-refractivity contribution in [2.75, 3.05) is 5.32 Å². The van der Waals surface area contributed by atoms with E-state index in [1.54, 1.807) is 12.4 Å². The summed E-state index contributed by atoms with van der Waals surface area (Å²) in [5.41, 5.74) is 5.16. The first kappa shape index (κ1) is 13.8. The highest BCUT2D eigenvalue weighted by molar-refractivity contribution is 5.60. The van der Waals surface area contributed by atoms with Crippen LogP contribution in [0.4, 0.5) is 5.82 Å². The summed E-state index contributed by atoms with van der Waals surface area (Å²) in [6.07, 6.45) is 3.51. The Morgan fingerprint density at radius 2 is 2.04 bits per heavy atom. The van der Waals surface area contributed by atoms with Gasteiger partial charge in [0.05, 0.1) is 17.9 Å². The lowest BCUT2D eigenvalue weighted by Crippen LogP contribution is -2.08. The molecule has 0 bridgehead atoms. The second-order valence-corrected chi connectivity index (χ2v) is 5.56. The lowest BCUT2D eigenvalue weighted by molar-refractivity contribution is 0.758. The summed E-state index contributed by atoms with van der Waals surface area (Å²) in [6, 6.07) is 5.87. The summed E-state index contributed by atoms with van der Waals surface area (Å²) in [4.78, 5) is 13.4. The minimum Gasteiger partial charge on any atom is -0.364 e. The van der Waals surface area contributed by atoms with Crippen LogP contribution in [0.25, 0.3) is 11.4 Å². The van der Waals surface area contributed by atoms with Crippen molar-refractivity contribution in [3.05, 3.63) is 53.2 Å². The van der Waals surface area contributed by atoms with Gasteiger partial charge in [0.1, 0.15) is 5.82 Å². The van der Waals surface area contributed by atoms with Crippen LogP contribution in [0.2, 0.25) is 0 Å². The van der Waals surface area contributed by atoms with Crippen LogP contribution < -0.4 is 10.6 Å². The first-order valence-electron chi connectivity index (χ1n) is 7.55. The zero-order chi connectivity index (χ0) is 15.6. The molecule has 0 aliphatic carbocycles. The maximum atomic E-state index is 4.71. The number of nitrogens with one attached hydrogen (secondary N) is 3. The van der Waals surface area contributed by atoms with Crippen molar-refractivity contribution in [2.24, 2.45) is 0 Å². The van der Waals surface area contributed by atoms with E-state index >= 15 is 0 Å². The standard InChI is InChI=1S/C16H17N7/c1-10-6-12(23-22-10)7-19-16-13-8-18-9-14(13)20-15(21-16)11-2-4-17-5-3-11/h2-6,18H,7-9H2,1H3,(H,22,23)(H,19,20,21). The molecule has 4 rings (SSSR count). The summed E-state index contributed by atoms with van der Waals surface area (Å²) in [7, 11) is 0. The lowest BCUT2D eigenvalue weighted by atomic mass is 10.2. The summed E-state index contributed by atoms with van der Waals surface area (Å²) in [6.45, 7) is 4.17. The summed E-state index contributed by atoms with van der Waals surface area (Å²) in [5, 5.41) is 13.9. The first-order valence-corrected chi connectivity index (χ1v) is 7.55. The molecule has 116 valence electrons. The van der Waals surface area contributed by atoms with Crippen molar-refractivity contribution < 1.29 is 0 Å². The van der Waals surface area contributed by atoms with E-state index in [0.717, 1.165) is 52.9 Å². The molecule has 7 heteroatoms. The molecule has 0 atom stereocenters. The number of rotatable bonds is 4. The Morgan fingerprint density at radius 3 is 2.83 bits per heavy atom. The third-order valence-corrected chi connectivity index (χ3v) is 3.82. The topological polar surface area (TPSA) is 91.4 Å². The van der Waals surface area contributed by atoms with Crippen LogP contribution in [0.1, 0.15) is 22.6 Å². The third kappa shape index (κ3) is 2.78. The molecular formula is C16H17N7. The Labute approximate surface area is 133 Å². The Hall–Kier alpha value is -2.80. The third-order valence-electron chi connectivity index (χ3n) is 3.82. The Balaban J connectivity index is 1.66. The van der Waals surface area contributed by atoms with Crippen LogP contribution in [0.5, 0.6) is 0 Å². The number of aryl methyl sites for hydroxylation is 1. The predicted molar refractivity (Wildman–Crippen MR) is 86.5 cm³/mol. The second-order valence-electron chi connectivity index (χ2n) is 5.56. The van der Waals surface area contributed by atoms with Crippen molar-refractivity contribution in [1.82, 2.24) is 30.5 Å². The average Bonchev–Trinajstić information content (AvgIpc) is 3.22. The molecule has 3 aromatic heterocycles. The second kappa shape index (κ2) is 5.77. The van der Waals surface area contributed by atoms with Gasteiger partial charge in [-0.3, -0.25) is 10.1 Å². The molecule has 1 aliphatic rings. The molecule has 0 aromatic carbocycles. The molecule has 0 radical (unpaired) electrons. The number of H-pyrrole nitrogens is 1. The number of nitrogens with zero attached hydrogens (tertiary/aromatic N) is 4. The van der Waals surface area contributed by atoms with E-state index in [4.69, 9.17) is 4.98 Å². The van der Waals surface area contributed by atoms with E-state index < -0.39 is 0 Å². The van der Waals surface area contributed by atoms with Crippen LogP contribution >= 0.6 is 0 Å². The van der Waals surface area contributed by atoms with Gasteiger partial charge >= 0.3 is 0 Å². The fourth-order valence-corrected chi connectivity index (χ4v) is 2.68. The maximum absolute atomic E-state index is 4.71. The molecule has 0 spiro atoms. The van der Waals surface area contributed by atoms with E-state index in [2.05, 4.69) is 30.8 Å². The van der Waals surface area contributed by atoms with Crippen molar-refractivity contribution in [3.63, 3.8) is 0 Å². The molecule has 1 aliphatic heterocycles. The molecule has 23 heavy (non-hydrogen) atoms. The maximum Gasteiger partial charge on any atom is 0.161 e. The molecule has 7 nitrogen and oxygen atoms in total. The summed E-state index contributed by atoms with van der Waals surface area (Å²) >= 11 is 0. The van der Waals surface area contributed by atoms with Gasteiger partial charge in [-0.25, -0.2) is 9.97 Å². The number of hydrogen-bond acceptors (Lipinski definition) is 6. The van der Waals surface area contributed by atoms with Gasteiger partial charge < -0.3 is 10.6 Å². The minimum absolute atomic E-state index is 0.629. The number of aromatic amines is 1. The fraction of sp³-hybridized carbons (Fsp3) is 0.250. The van der Waals surface area contributed by atoms with E-state index in [0.29, 0.717) is 6.54 Å². The molecule has 0 amide bonds. The Kier molecular flexibility index (Phi) is 3.47. The molecule has 3 N–H and O–H groups in total. The Bertz CT molecular complexity index is 826. The van der Waals surface area contributed by atoms with Crippen molar-refractivity contribution in [3.8, 4) is 11.4 Å². The zero-order valence-corrected chi connectivity index (χ0v) is 12.8. The highest BCUT2D eigenvalue weighted by Crippen LogP contribution is 2.25. The predicted octanol–water partition coefficient (Wildman–Crippen LogP) is 1.79. The summed E-state index contributed by atoms with van der Waals surface area (Å²) in [5.74, 6) is 1.59. The van der Waals surface area contributed by atoms with Gasteiger partial charge in [-0.05, 0) is 25.1 Å². The largest absolute Gasteiger partial charge is 0.364 e. The molecular weight excluding hydrogens is 290 g/mol. The van der Waals surface area contributed by atoms with Crippen LogP contribution in [0, 0.1) is 6.92 Å².